The number of urea groups is 1. The second-order valence-corrected chi connectivity index (χ2v) is 5.66. The van der Waals surface area contributed by atoms with Gasteiger partial charge in [-0.05, 0) is 6.92 Å². The number of carboxylic acid groups (broad SMARTS) is 1. The molecule has 0 bridgehead atoms. The maximum absolute atomic E-state index is 12.2. The van der Waals surface area contributed by atoms with Gasteiger partial charge in [0.1, 0.15) is 6.04 Å². The molecule has 2 amide bonds. The Kier molecular flexibility index (Phi) is 5.38. The Morgan fingerprint density at radius 1 is 1.38 bits per heavy atom. The van der Waals surface area contributed by atoms with Crippen LogP contribution in [0.1, 0.15) is 13.3 Å². The molecule has 2 aliphatic rings. The molecule has 8 heteroatoms. The first-order chi connectivity index (χ1) is 9.97. The van der Waals surface area contributed by atoms with E-state index in [1.807, 2.05) is 6.92 Å². The summed E-state index contributed by atoms with van der Waals surface area (Å²) in [7, 11) is 0. The van der Waals surface area contributed by atoms with Crippen molar-refractivity contribution in [2.24, 2.45) is 0 Å². The van der Waals surface area contributed by atoms with E-state index in [1.54, 1.807) is 0 Å². The molecule has 2 rings (SSSR count). The number of β-amino-alcohol motifs (C(OH)–C–C–N with tert-alkyl or cyclic N) is 1. The fourth-order valence-electron chi connectivity index (χ4n) is 2.78. The Hall–Kier alpha value is -1.38. The highest BCUT2D eigenvalue weighted by Crippen LogP contribution is 2.18. The molecule has 21 heavy (non-hydrogen) atoms. The first-order valence-corrected chi connectivity index (χ1v) is 7.25. The van der Waals surface area contributed by atoms with Crippen molar-refractivity contribution >= 4 is 12.0 Å². The van der Waals surface area contributed by atoms with Crippen molar-refractivity contribution in [1.29, 1.82) is 0 Å². The summed E-state index contributed by atoms with van der Waals surface area (Å²) in [6.45, 7) is 5.70. The van der Waals surface area contributed by atoms with E-state index in [0.29, 0.717) is 19.8 Å². The summed E-state index contributed by atoms with van der Waals surface area (Å²) in [5.41, 5.74) is 0. The Balaban J connectivity index is 1.83. The monoisotopic (exact) mass is 301 g/mol. The number of likely N-dealkylation sites (tertiary alicyclic amines) is 1. The highest BCUT2D eigenvalue weighted by Gasteiger charge is 2.39. The molecular formula is C13H23N3O5. The molecule has 3 unspecified atom stereocenters. The number of carbonyl (C=O) groups excluding carboxylic acids is 1. The highest BCUT2D eigenvalue weighted by molar-refractivity contribution is 5.83. The van der Waals surface area contributed by atoms with Gasteiger partial charge in [0.15, 0.2) is 0 Å². The third-order valence-corrected chi connectivity index (χ3v) is 3.83. The van der Waals surface area contributed by atoms with Crippen LogP contribution in [-0.2, 0) is 9.53 Å². The molecule has 2 heterocycles. The summed E-state index contributed by atoms with van der Waals surface area (Å²) < 4.78 is 5.27. The zero-order valence-corrected chi connectivity index (χ0v) is 12.2. The molecule has 0 aromatic rings. The lowest BCUT2D eigenvalue weighted by Crippen LogP contribution is -2.52. The number of aliphatic carboxylic acids is 1. The Morgan fingerprint density at radius 3 is 2.67 bits per heavy atom. The summed E-state index contributed by atoms with van der Waals surface area (Å²) >= 11 is 0. The zero-order chi connectivity index (χ0) is 15.4. The van der Waals surface area contributed by atoms with E-state index in [-0.39, 0.29) is 19.0 Å². The van der Waals surface area contributed by atoms with Crippen LogP contribution in [0.4, 0.5) is 4.79 Å². The summed E-state index contributed by atoms with van der Waals surface area (Å²) in [6, 6.07) is -1.47. The summed E-state index contributed by atoms with van der Waals surface area (Å²) in [5, 5.41) is 21.5. The molecule has 8 nitrogen and oxygen atoms in total. The first-order valence-electron chi connectivity index (χ1n) is 7.25. The molecule has 2 saturated heterocycles. The van der Waals surface area contributed by atoms with Gasteiger partial charge in [0, 0.05) is 38.6 Å². The van der Waals surface area contributed by atoms with E-state index in [4.69, 9.17) is 9.84 Å². The van der Waals surface area contributed by atoms with Crippen LogP contribution in [0, 0.1) is 0 Å². The van der Waals surface area contributed by atoms with Gasteiger partial charge in [-0.3, -0.25) is 4.90 Å². The molecule has 120 valence electrons. The molecule has 0 spiro atoms. The number of aliphatic hydroxyl groups excluding tert-OH is 1. The van der Waals surface area contributed by atoms with Gasteiger partial charge in [-0.25, -0.2) is 9.59 Å². The van der Waals surface area contributed by atoms with E-state index in [2.05, 4.69) is 10.2 Å². The minimum Gasteiger partial charge on any atom is -0.480 e. The molecule has 0 aromatic carbocycles. The van der Waals surface area contributed by atoms with E-state index in [9.17, 15) is 14.7 Å². The molecule has 0 saturated carbocycles. The lowest BCUT2D eigenvalue weighted by Gasteiger charge is -2.30. The van der Waals surface area contributed by atoms with Gasteiger partial charge in [0.2, 0.25) is 0 Å². The highest BCUT2D eigenvalue weighted by atomic mass is 16.5. The maximum atomic E-state index is 12.2. The van der Waals surface area contributed by atoms with Gasteiger partial charge >= 0.3 is 12.0 Å². The third-order valence-electron chi connectivity index (χ3n) is 3.83. The Bertz CT molecular complexity index is 386. The van der Waals surface area contributed by atoms with E-state index in [1.165, 1.54) is 4.90 Å². The number of hydrogen-bond donors (Lipinski definition) is 3. The van der Waals surface area contributed by atoms with Gasteiger partial charge in [-0.2, -0.15) is 0 Å². The lowest BCUT2D eigenvalue weighted by molar-refractivity contribution is -0.141. The van der Waals surface area contributed by atoms with Crippen LogP contribution < -0.4 is 5.32 Å². The number of ether oxygens (including phenoxy) is 1. The Labute approximate surface area is 123 Å². The summed E-state index contributed by atoms with van der Waals surface area (Å²) in [6.07, 6.45) is -0.688. The topological polar surface area (TPSA) is 102 Å². The second-order valence-electron chi connectivity index (χ2n) is 5.66. The minimum atomic E-state index is -1.08. The predicted octanol–water partition coefficient (Wildman–Crippen LogP) is -1.06. The molecule has 2 aliphatic heterocycles. The Morgan fingerprint density at radius 2 is 2.05 bits per heavy atom. The van der Waals surface area contributed by atoms with E-state index >= 15 is 0 Å². The van der Waals surface area contributed by atoms with Crippen molar-refractivity contribution in [2.75, 3.05) is 39.4 Å². The van der Waals surface area contributed by atoms with Crippen LogP contribution in [0.25, 0.3) is 0 Å². The quantitative estimate of drug-likeness (QED) is 0.611. The summed E-state index contributed by atoms with van der Waals surface area (Å²) in [5.74, 6) is -1.08. The number of hydrogen-bond acceptors (Lipinski definition) is 5. The number of aliphatic hydroxyl groups is 1. The van der Waals surface area contributed by atoms with Crippen molar-refractivity contribution < 1.29 is 24.5 Å². The molecule has 3 N–H and O–H groups in total. The number of morpholine rings is 1. The summed E-state index contributed by atoms with van der Waals surface area (Å²) in [4.78, 5) is 26.7. The minimum absolute atomic E-state index is 0.0626. The molecular weight excluding hydrogens is 278 g/mol. The van der Waals surface area contributed by atoms with Crippen LogP contribution in [-0.4, -0.2) is 89.6 Å². The molecule has 0 radical (unpaired) electrons. The van der Waals surface area contributed by atoms with Crippen LogP contribution in [0.15, 0.2) is 0 Å². The van der Waals surface area contributed by atoms with Crippen LogP contribution >= 0.6 is 0 Å². The number of carbonyl (C=O) groups is 2. The zero-order valence-electron chi connectivity index (χ0n) is 12.2. The molecule has 0 aromatic heterocycles. The standard InChI is InChI=1S/C13H23N3O5/c1-9(7-15-2-4-21-5-3-15)14-13(20)16-8-10(17)6-11(16)12(18)19/h9-11,17H,2-8H2,1H3,(H,14,20)(H,18,19). The first kappa shape index (κ1) is 16.0. The van der Waals surface area contributed by atoms with Crippen LogP contribution in [0.2, 0.25) is 0 Å². The fraction of sp³-hybridized carbons (Fsp3) is 0.846. The average Bonchev–Trinajstić information content (AvgIpc) is 2.82. The second kappa shape index (κ2) is 7.06. The van der Waals surface area contributed by atoms with Gasteiger partial charge in [-0.15, -0.1) is 0 Å². The average molecular weight is 301 g/mol. The number of nitrogens with zero attached hydrogens (tertiary/aromatic N) is 2. The van der Waals surface area contributed by atoms with Crippen LogP contribution in [0.3, 0.4) is 0 Å². The van der Waals surface area contributed by atoms with Crippen molar-refractivity contribution in [2.45, 2.75) is 31.5 Å². The number of carboxylic acids is 1. The molecule has 3 atom stereocenters. The fourth-order valence-corrected chi connectivity index (χ4v) is 2.78. The number of rotatable bonds is 4. The van der Waals surface area contributed by atoms with Gasteiger partial charge in [0.05, 0.1) is 19.3 Å². The largest absolute Gasteiger partial charge is 0.480 e. The van der Waals surface area contributed by atoms with E-state index < -0.39 is 24.1 Å². The lowest BCUT2D eigenvalue weighted by atomic mass is 10.2. The normalized spacial score (nSPS) is 28.4. The van der Waals surface area contributed by atoms with Gasteiger partial charge < -0.3 is 25.2 Å². The number of nitrogens with one attached hydrogen (secondary N) is 1. The van der Waals surface area contributed by atoms with E-state index in [0.717, 1.165) is 13.1 Å². The smallest absolute Gasteiger partial charge is 0.326 e. The predicted molar refractivity (Wildman–Crippen MR) is 74.0 cm³/mol. The van der Waals surface area contributed by atoms with Crippen molar-refractivity contribution in [1.82, 2.24) is 15.1 Å². The number of amides is 2. The van der Waals surface area contributed by atoms with Crippen molar-refractivity contribution in [3.05, 3.63) is 0 Å². The SMILES string of the molecule is CC(CN1CCOCC1)NC(=O)N1CC(O)CC1C(=O)O. The molecule has 0 aliphatic carbocycles. The van der Waals surface area contributed by atoms with Crippen molar-refractivity contribution in [3.63, 3.8) is 0 Å². The van der Waals surface area contributed by atoms with Crippen molar-refractivity contribution in [3.8, 4) is 0 Å². The van der Waals surface area contributed by atoms with Gasteiger partial charge in [-0.1, -0.05) is 0 Å². The van der Waals surface area contributed by atoms with Gasteiger partial charge in [0.25, 0.3) is 0 Å². The third kappa shape index (κ3) is 4.29. The maximum Gasteiger partial charge on any atom is 0.326 e. The van der Waals surface area contributed by atoms with Crippen LogP contribution in [0.5, 0.6) is 0 Å². The molecule has 2 fully saturated rings.